The van der Waals surface area contributed by atoms with Crippen molar-refractivity contribution in [2.75, 3.05) is 0 Å². The summed E-state index contributed by atoms with van der Waals surface area (Å²) in [7, 11) is 0. The first kappa shape index (κ1) is 10.9. The molecule has 0 aliphatic heterocycles. The maximum atomic E-state index is 13.1. The molecule has 1 aromatic carbocycles. The number of nitroso groups, excluding NO2 is 1. The van der Waals surface area contributed by atoms with E-state index in [9.17, 15) is 13.7 Å². The lowest BCUT2D eigenvalue weighted by Crippen LogP contribution is -2.02. The van der Waals surface area contributed by atoms with Gasteiger partial charge in [0.15, 0.2) is 11.6 Å². The lowest BCUT2D eigenvalue weighted by atomic mass is 9.99. The van der Waals surface area contributed by atoms with E-state index < -0.39 is 17.7 Å². The van der Waals surface area contributed by atoms with Gasteiger partial charge in [-0.05, 0) is 43.0 Å². The standard InChI is InChI=1S/C12H11F2NO/c1-7-2-5-11(15-16)12(7)8-3-4-9(13)10(14)6-8/h3-4,6,11H,2,5H2,1H3. The zero-order valence-corrected chi connectivity index (χ0v) is 8.84. The summed E-state index contributed by atoms with van der Waals surface area (Å²) in [5.41, 5.74) is 2.32. The van der Waals surface area contributed by atoms with Crippen molar-refractivity contribution in [3.8, 4) is 0 Å². The Labute approximate surface area is 92.0 Å². The maximum absolute atomic E-state index is 13.1. The quantitative estimate of drug-likeness (QED) is 0.703. The number of hydrogen-bond donors (Lipinski definition) is 0. The highest BCUT2D eigenvalue weighted by Gasteiger charge is 2.25. The zero-order chi connectivity index (χ0) is 11.7. The molecule has 0 amide bonds. The van der Waals surface area contributed by atoms with Crippen LogP contribution in [-0.4, -0.2) is 6.04 Å². The van der Waals surface area contributed by atoms with Crippen LogP contribution >= 0.6 is 0 Å². The normalized spacial score (nSPS) is 20.3. The van der Waals surface area contributed by atoms with Crippen LogP contribution in [0.5, 0.6) is 0 Å². The summed E-state index contributed by atoms with van der Waals surface area (Å²) in [6.07, 6.45) is 1.44. The second-order valence-electron chi connectivity index (χ2n) is 3.98. The minimum atomic E-state index is -0.894. The minimum Gasteiger partial charge on any atom is -0.204 e. The third-order valence-corrected chi connectivity index (χ3v) is 2.94. The van der Waals surface area contributed by atoms with Gasteiger partial charge in [0.25, 0.3) is 0 Å². The van der Waals surface area contributed by atoms with Crippen molar-refractivity contribution in [3.63, 3.8) is 0 Å². The number of hydrogen-bond acceptors (Lipinski definition) is 2. The van der Waals surface area contributed by atoms with E-state index >= 15 is 0 Å². The van der Waals surface area contributed by atoms with Gasteiger partial charge in [0, 0.05) is 0 Å². The van der Waals surface area contributed by atoms with Crippen molar-refractivity contribution in [2.45, 2.75) is 25.8 Å². The molecule has 0 aromatic heterocycles. The second-order valence-corrected chi connectivity index (χ2v) is 3.98. The first-order valence-electron chi connectivity index (χ1n) is 5.11. The highest BCUT2D eigenvalue weighted by molar-refractivity contribution is 5.74. The van der Waals surface area contributed by atoms with Gasteiger partial charge in [-0.15, -0.1) is 0 Å². The van der Waals surface area contributed by atoms with Crippen molar-refractivity contribution in [1.29, 1.82) is 0 Å². The van der Waals surface area contributed by atoms with Crippen molar-refractivity contribution >= 4 is 5.57 Å². The Morgan fingerprint density at radius 3 is 2.69 bits per heavy atom. The average molecular weight is 223 g/mol. The Hall–Kier alpha value is -1.58. The molecule has 1 aliphatic rings. The summed E-state index contributed by atoms with van der Waals surface area (Å²) in [5, 5.41) is 3.02. The van der Waals surface area contributed by atoms with Gasteiger partial charge >= 0.3 is 0 Å². The highest BCUT2D eigenvalue weighted by Crippen LogP contribution is 2.36. The molecule has 0 bridgehead atoms. The van der Waals surface area contributed by atoms with E-state index in [1.54, 1.807) is 0 Å². The molecular formula is C12H11F2NO. The average Bonchev–Trinajstić information content (AvgIpc) is 2.64. The summed E-state index contributed by atoms with van der Waals surface area (Å²) < 4.78 is 25.9. The molecule has 0 saturated carbocycles. The number of allylic oxidation sites excluding steroid dienone is 1. The first-order chi connectivity index (χ1) is 7.63. The van der Waals surface area contributed by atoms with Gasteiger partial charge < -0.3 is 0 Å². The van der Waals surface area contributed by atoms with Gasteiger partial charge in [0.2, 0.25) is 0 Å². The predicted molar refractivity (Wildman–Crippen MR) is 57.8 cm³/mol. The third-order valence-electron chi connectivity index (χ3n) is 2.94. The van der Waals surface area contributed by atoms with Gasteiger partial charge in [0.1, 0.15) is 6.04 Å². The van der Waals surface area contributed by atoms with Crippen LogP contribution < -0.4 is 0 Å². The molecule has 0 N–H and O–H groups in total. The van der Waals surface area contributed by atoms with Crippen LogP contribution in [0.4, 0.5) is 8.78 Å². The molecule has 84 valence electrons. The molecule has 1 aliphatic carbocycles. The van der Waals surface area contributed by atoms with Crippen LogP contribution in [0, 0.1) is 16.5 Å². The van der Waals surface area contributed by atoms with Crippen LogP contribution in [0.1, 0.15) is 25.3 Å². The van der Waals surface area contributed by atoms with Crippen molar-refractivity contribution in [3.05, 3.63) is 45.9 Å². The van der Waals surface area contributed by atoms with Crippen molar-refractivity contribution in [2.24, 2.45) is 5.18 Å². The summed E-state index contributed by atoms with van der Waals surface area (Å²) in [5.74, 6) is -1.77. The molecule has 1 aromatic rings. The van der Waals surface area contributed by atoms with Gasteiger partial charge in [-0.2, -0.15) is 4.91 Å². The van der Waals surface area contributed by atoms with Crippen LogP contribution in [0.25, 0.3) is 5.57 Å². The largest absolute Gasteiger partial charge is 0.204 e. The number of rotatable bonds is 2. The van der Waals surface area contributed by atoms with Gasteiger partial charge in [-0.1, -0.05) is 16.8 Å². The number of halogens is 2. The Balaban J connectivity index is 2.47. The molecule has 0 spiro atoms. The van der Waals surface area contributed by atoms with E-state index in [-0.39, 0.29) is 0 Å². The smallest absolute Gasteiger partial charge is 0.159 e. The molecule has 2 nitrogen and oxygen atoms in total. The number of nitrogens with zero attached hydrogens (tertiary/aromatic N) is 1. The lowest BCUT2D eigenvalue weighted by molar-refractivity contribution is 0.508. The Bertz CT molecular complexity index is 468. The van der Waals surface area contributed by atoms with Crippen LogP contribution in [0.3, 0.4) is 0 Å². The first-order valence-corrected chi connectivity index (χ1v) is 5.11. The van der Waals surface area contributed by atoms with Gasteiger partial charge in [0.05, 0.1) is 0 Å². The maximum Gasteiger partial charge on any atom is 0.159 e. The van der Waals surface area contributed by atoms with E-state index in [4.69, 9.17) is 0 Å². The topological polar surface area (TPSA) is 29.4 Å². The van der Waals surface area contributed by atoms with Crippen LogP contribution in [0.2, 0.25) is 0 Å². The van der Waals surface area contributed by atoms with Crippen molar-refractivity contribution in [1.82, 2.24) is 0 Å². The molecule has 2 rings (SSSR count). The van der Waals surface area contributed by atoms with E-state index in [1.807, 2.05) is 6.92 Å². The van der Waals surface area contributed by atoms with Crippen LogP contribution in [0.15, 0.2) is 28.9 Å². The molecule has 1 atom stereocenters. The summed E-state index contributed by atoms with van der Waals surface area (Å²) in [4.78, 5) is 10.6. The summed E-state index contributed by atoms with van der Waals surface area (Å²) in [6, 6.07) is 3.26. The van der Waals surface area contributed by atoms with E-state index in [1.165, 1.54) is 6.07 Å². The Morgan fingerprint density at radius 1 is 1.31 bits per heavy atom. The van der Waals surface area contributed by atoms with E-state index in [2.05, 4.69) is 5.18 Å². The molecule has 0 radical (unpaired) electrons. The third kappa shape index (κ3) is 1.75. The Kier molecular flexibility index (Phi) is 2.81. The van der Waals surface area contributed by atoms with Gasteiger partial charge in [-0.3, -0.25) is 0 Å². The summed E-state index contributed by atoms with van der Waals surface area (Å²) in [6.45, 7) is 1.89. The number of benzene rings is 1. The van der Waals surface area contributed by atoms with E-state index in [0.717, 1.165) is 29.7 Å². The molecule has 0 heterocycles. The highest BCUT2D eigenvalue weighted by atomic mass is 19.2. The van der Waals surface area contributed by atoms with Crippen LogP contribution in [-0.2, 0) is 0 Å². The molecule has 1 unspecified atom stereocenters. The predicted octanol–water partition coefficient (Wildman–Crippen LogP) is 3.67. The fraction of sp³-hybridized carbons (Fsp3) is 0.333. The van der Waals surface area contributed by atoms with E-state index in [0.29, 0.717) is 12.0 Å². The molecule has 16 heavy (non-hydrogen) atoms. The molecule has 0 fully saturated rings. The molecule has 4 heteroatoms. The molecular weight excluding hydrogens is 212 g/mol. The SMILES string of the molecule is CC1=C(c2ccc(F)c(F)c2)C(N=O)CC1. The lowest BCUT2D eigenvalue weighted by Gasteiger charge is -2.08. The Morgan fingerprint density at radius 2 is 2.06 bits per heavy atom. The second kappa shape index (κ2) is 4.12. The monoisotopic (exact) mass is 223 g/mol. The fourth-order valence-corrected chi connectivity index (χ4v) is 2.12. The summed E-state index contributed by atoms with van der Waals surface area (Å²) >= 11 is 0. The zero-order valence-electron chi connectivity index (χ0n) is 8.84. The van der Waals surface area contributed by atoms with Crippen molar-refractivity contribution < 1.29 is 8.78 Å². The fourth-order valence-electron chi connectivity index (χ4n) is 2.12. The minimum absolute atomic E-state index is 0.426. The molecule has 0 saturated heterocycles. The van der Waals surface area contributed by atoms with Gasteiger partial charge in [-0.25, -0.2) is 8.78 Å².